The molecule has 2 heterocycles. The third kappa shape index (κ3) is 2.75. The number of nitrogens with zero attached hydrogens (tertiary/aromatic N) is 3. The fourth-order valence-electron chi connectivity index (χ4n) is 1.86. The van der Waals surface area contributed by atoms with E-state index in [1.165, 1.54) is 24.1 Å². The smallest absolute Gasteiger partial charge is 0.226 e. The summed E-state index contributed by atoms with van der Waals surface area (Å²) in [5.41, 5.74) is 0. The highest BCUT2D eigenvalue weighted by Crippen LogP contribution is 2.35. The van der Waals surface area contributed by atoms with Crippen LogP contribution in [-0.2, 0) is 11.5 Å². The quantitative estimate of drug-likeness (QED) is 0.839. The van der Waals surface area contributed by atoms with Crippen LogP contribution in [0.5, 0.6) is 0 Å². The van der Waals surface area contributed by atoms with E-state index in [1.807, 2.05) is 13.1 Å². The van der Waals surface area contributed by atoms with Crippen LogP contribution in [0, 0.1) is 6.92 Å². The highest BCUT2D eigenvalue weighted by atomic mass is 32.2. The fourth-order valence-corrected chi connectivity index (χ4v) is 3.60. The van der Waals surface area contributed by atoms with E-state index in [-0.39, 0.29) is 0 Å². The number of aromatic nitrogens is 3. The van der Waals surface area contributed by atoms with E-state index in [2.05, 4.69) is 15.2 Å². The molecular formula is C12H15N3OS2. The van der Waals surface area contributed by atoms with Crippen molar-refractivity contribution in [2.45, 2.75) is 43.6 Å². The lowest BCUT2D eigenvalue weighted by Gasteiger charge is -2.20. The third-order valence-corrected chi connectivity index (χ3v) is 5.14. The lowest BCUT2D eigenvalue weighted by molar-refractivity contribution is 0.328. The van der Waals surface area contributed by atoms with E-state index in [1.54, 1.807) is 23.1 Å². The van der Waals surface area contributed by atoms with E-state index >= 15 is 0 Å². The molecule has 0 radical (unpaired) electrons. The molecule has 0 unspecified atom stereocenters. The van der Waals surface area contributed by atoms with E-state index in [0.717, 1.165) is 28.3 Å². The Hall–Kier alpha value is -0.880. The van der Waals surface area contributed by atoms with Crippen LogP contribution < -0.4 is 0 Å². The Kier molecular flexibility index (Phi) is 3.65. The van der Waals surface area contributed by atoms with Crippen molar-refractivity contribution in [3.05, 3.63) is 27.9 Å². The number of aryl methyl sites for hydroxylation is 1. The van der Waals surface area contributed by atoms with E-state index < -0.39 is 0 Å². The predicted octanol–water partition coefficient (Wildman–Crippen LogP) is 3.54. The summed E-state index contributed by atoms with van der Waals surface area (Å²) in [5, 5.41) is 9.35. The van der Waals surface area contributed by atoms with Crippen molar-refractivity contribution < 1.29 is 4.42 Å². The topological polar surface area (TPSA) is 51.8 Å². The van der Waals surface area contributed by atoms with Gasteiger partial charge < -0.3 is 4.42 Å². The standard InChI is InChI=1S/C12H15N3OS2/c1-8-13-5-10(18-8)6-17-7-11-14-15-12(16-11)9-3-2-4-9/h5,9H,2-4,6-7H2,1H3. The molecule has 18 heavy (non-hydrogen) atoms. The zero-order valence-electron chi connectivity index (χ0n) is 10.3. The number of thioether (sulfide) groups is 1. The molecule has 4 nitrogen and oxygen atoms in total. The SMILES string of the molecule is Cc1ncc(CSCc2nnc(C3CCC3)o2)s1. The average Bonchev–Trinajstić information content (AvgIpc) is 2.87. The van der Waals surface area contributed by atoms with Gasteiger partial charge in [0.25, 0.3) is 0 Å². The lowest BCUT2D eigenvalue weighted by atomic mass is 9.85. The lowest BCUT2D eigenvalue weighted by Crippen LogP contribution is -2.08. The molecule has 0 aromatic carbocycles. The Bertz CT molecular complexity index is 519. The number of hydrogen-bond acceptors (Lipinski definition) is 6. The maximum Gasteiger partial charge on any atom is 0.226 e. The largest absolute Gasteiger partial charge is 0.424 e. The molecule has 1 aliphatic rings. The van der Waals surface area contributed by atoms with Gasteiger partial charge in [-0.3, -0.25) is 0 Å². The van der Waals surface area contributed by atoms with Crippen molar-refractivity contribution in [3.8, 4) is 0 Å². The maximum atomic E-state index is 5.68. The zero-order valence-corrected chi connectivity index (χ0v) is 11.9. The summed E-state index contributed by atoms with van der Waals surface area (Å²) in [6.07, 6.45) is 5.65. The minimum absolute atomic E-state index is 0.528. The highest BCUT2D eigenvalue weighted by Gasteiger charge is 2.24. The van der Waals surface area contributed by atoms with Gasteiger partial charge >= 0.3 is 0 Å². The molecule has 2 aromatic heterocycles. The van der Waals surface area contributed by atoms with Gasteiger partial charge in [0.15, 0.2) is 0 Å². The van der Waals surface area contributed by atoms with Crippen LogP contribution in [0.2, 0.25) is 0 Å². The van der Waals surface area contributed by atoms with Gasteiger partial charge in [-0.1, -0.05) is 6.42 Å². The number of rotatable bonds is 5. The van der Waals surface area contributed by atoms with Gasteiger partial charge in [0, 0.05) is 22.7 Å². The predicted molar refractivity (Wildman–Crippen MR) is 72.7 cm³/mol. The molecule has 0 N–H and O–H groups in total. The summed E-state index contributed by atoms with van der Waals surface area (Å²) >= 11 is 3.54. The zero-order chi connectivity index (χ0) is 12.4. The van der Waals surface area contributed by atoms with Crippen LogP contribution in [0.25, 0.3) is 0 Å². The van der Waals surface area contributed by atoms with Crippen LogP contribution in [0.3, 0.4) is 0 Å². The second-order valence-corrected chi connectivity index (χ2v) is 6.81. The molecule has 1 saturated carbocycles. The van der Waals surface area contributed by atoms with Crippen LogP contribution in [0.15, 0.2) is 10.6 Å². The molecule has 96 valence electrons. The summed E-state index contributed by atoms with van der Waals surface area (Å²) in [6.45, 7) is 2.03. The molecule has 0 amide bonds. The van der Waals surface area contributed by atoms with Crippen LogP contribution in [-0.4, -0.2) is 15.2 Å². The second kappa shape index (κ2) is 5.40. The van der Waals surface area contributed by atoms with Gasteiger partial charge in [-0.2, -0.15) is 0 Å². The second-order valence-electron chi connectivity index (χ2n) is 4.50. The molecule has 1 aliphatic carbocycles. The van der Waals surface area contributed by atoms with Crippen LogP contribution in [0.4, 0.5) is 0 Å². The first-order valence-electron chi connectivity index (χ1n) is 6.12. The van der Waals surface area contributed by atoms with Crippen molar-refractivity contribution in [2.24, 2.45) is 0 Å². The van der Waals surface area contributed by atoms with E-state index in [0.29, 0.717) is 5.92 Å². The Morgan fingerprint density at radius 1 is 1.39 bits per heavy atom. The van der Waals surface area contributed by atoms with Gasteiger partial charge in [0.05, 0.1) is 10.8 Å². The number of hydrogen-bond donors (Lipinski definition) is 0. The van der Waals surface area contributed by atoms with E-state index in [4.69, 9.17) is 4.42 Å². The maximum absolute atomic E-state index is 5.68. The minimum Gasteiger partial charge on any atom is -0.424 e. The molecule has 0 atom stereocenters. The summed E-state index contributed by atoms with van der Waals surface area (Å²) in [7, 11) is 0. The first kappa shape index (κ1) is 12.2. The molecule has 3 rings (SSSR count). The molecule has 0 aliphatic heterocycles. The summed E-state index contributed by atoms with van der Waals surface area (Å²) < 4.78 is 5.68. The summed E-state index contributed by atoms with van der Waals surface area (Å²) in [4.78, 5) is 5.54. The van der Waals surface area contributed by atoms with E-state index in [9.17, 15) is 0 Å². The van der Waals surface area contributed by atoms with Gasteiger partial charge in [-0.05, 0) is 19.8 Å². The molecule has 2 aromatic rings. The van der Waals surface area contributed by atoms with Crippen molar-refractivity contribution in [3.63, 3.8) is 0 Å². The van der Waals surface area contributed by atoms with Crippen molar-refractivity contribution in [1.29, 1.82) is 0 Å². The molecule has 0 spiro atoms. The highest BCUT2D eigenvalue weighted by molar-refractivity contribution is 7.97. The van der Waals surface area contributed by atoms with Gasteiger partial charge in [0.1, 0.15) is 0 Å². The first-order chi connectivity index (χ1) is 8.81. The van der Waals surface area contributed by atoms with Crippen molar-refractivity contribution >= 4 is 23.1 Å². The van der Waals surface area contributed by atoms with Crippen LogP contribution >= 0.6 is 23.1 Å². The Labute approximate surface area is 114 Å². The molecule has 6 heteroatoms. The summed E-state index contributed by atoms with van der Waals surface area (Å²) in [6, 6.07) is 0. The fraction of sp³-hybridized carbons (Fsp3) is 0.583. The molecule has 0 bridgehead atoms. The Morgan fingerprint density at radius 2 is 2.28 bits per heavy atom. The van der Waals surface area contributed by atoms with Crippen molar-refractivity contribution in [2.75, 3.05) is 0 Å². The third-order valence-electron chi connectivity index (χ3n) is 3.08. The van der Waals surface area contributed by atoms with Gasteiger partial charge in [0.2, 0.25) is 11.8 Å². The number of thiazole rings is 1. The Morgan fingerprint density at radius 3 is 2.94 bits per heavy atom. The minimum atomic E-state index is 0.528. The average molecular weight is 281 g/mol. The molecular weight excluding hydrogens is 266 g/mol. The van der Waals surface area contributed by atoms with Crippen LogP contribution in [0.1, 0.15) is 46.8 Å². The van der Waals surface area contributed by atoms with Gasteiger partial charge in [-0.25, -0.2) is 4.98 Å². The Balaban J connectivity index is 1.49. The summed E-state index contributed by atoms with van der Waals surface area (Å²) in [5.74, 6) is 3.87. The van der Waals surface area contributed by atoms with Gasteiger partial charge in [-0.15, -0.1) is 33.3 Å². The first-order valence-corrected chi connectivity index (χ1v) is 8.10. The monoisotopic (exact) mass is 281 g/mol. The van der Waals surface area contributed by atoms with Crippen molar-refractivity contribution in [1.82, 2.24) is 15.2 Å². The normalized spacial score (nSPS) is 15.8. The molecule has 1 fully saturated rings. The molecule has 0 saturated heterocycles.